The van der Waals surface area contributed by atoms with Gasteiger partial charge >= 0.3 is 0 Å². The Morgan fingerprint density at radius 3 is 3.00 bits per heavy atom. The number of rotatable bonds is 4. The molecule has 0 bridgehead atoms. The van der Waals surface area contributed by atoms with E-state index < -0.39 is 0 Å². The molecule has 0 aliphatic carbocycles. The zero-order chi connectivity index (χ0) is 8.10. The third-order valence-electron chi connectivity index (χ3n) is 1.70. The summed E-state index contributed by atoms with van der Waals surface area (Å²) >= 11 is 0. The Balaban J connectivity index is 2.15. The number of allylic oxidation sites excluding steroid dienone is 1. The van der Waals surface area contributed by atoms with E-state index in [-0.39, 0.29) is 0 Å². The van der Waals surface area contributed by atoms with E-state index in [1.165, 1.54) is 24.4 Å². The van der Waals surface area contributed by atoms with Crippen LogP contribution in [0.2, 0.25) is 0 Å². The molecule has 0 fully saturated rings. The van der Waals surface area contributed by atoms with Crippen molar-refractivity contribution in [3.05, 3.63) is 11.9 Å². The Hall–Kier alpha value is -0.740. The summed E-state index contributed by atoms with van der Waals surface area (Å²) in [6, 6.07) is 0. The molecule has 0 amide bonds. The standard InChI is InChI=1S/C7H15N3O/c1-2-3-4-5-7-6-9-11-10(7)8/h6,9H,2-5,8H2,1H3. The van der Waals surface area contributed by atoms with Gasteiger partial charge in [-0.05, 0) is 12.8 Å². The second-order valence-corrected chi connectivity index (χ2v) is 2.63. The molecule has 0 aromatic rings. The summed E-state index contributed by atoms with van der Waals surface area (Å²) in [6.45, 7) is 2.18. The molecule has 0 atom stereocenters. The predicted molar refractivity (Wildman–Crippen MR) is 42.5 cm³/mol. The Labute approximate surface area is 66.9 Å². The van der Waals surface area contributed by atoms with Gasteiger partial charge in [0.2, 0.25) is 0 Å². The van der Waals surface area contributed by atoms with Gasteiger partial charge in [0.15, 0.2) is 0 Å². The highest BCUT2D eigenvalue weighted by Gasteiger charge is 2.10. The number of unbranched alkanes of at least 4 members (excludes halogenated alkanes) is 2. The molecule has 0 radical (unpaired) electrons. The quantitative estimate of drug-likeness (QED) is 0.473. The Morgan fingerprint density at radius 1 is 1.64 bits per heavy atom. The van der Waals surface area contributed by atoms with Gasteiger partial charge < -0.3 is 0 Å². The highest BCUT2D eigenvalue weighted by molar-refractivity contribution is 4.97. The number of hydroxylamine groups is 2. The van der Waals surface area contributed by atoms with Crippen molar-refractivity contribution < 1.29 is 4.94 Å². The predicted octanol–water partition coefficient (Wildman–Crippen LogP) is 1.03. The van der Waals surface area contributed by atoms with Crippen molar-refractivity contribution in [1.82, 2.24) is 10.7 Å². The van der Waals surface area contributed by atoms with Crippen LogP contribution in [0.5, 0.6) is 0 Å². The van der Waals surface area contributed by atoms with Crippen LogP contribution in [-0.2, 0) is 4.94 Å². The first kappa shape index (κ1) is 8.36. The van der Waals surface area contributed by atoms with Crippen LogP contribution in [0.1, 0.15) is 32.6 Å². The molecule has 4 heteroatoms. The monoisotopic (exact) mass is 157 g/mol. The smallest absolute Gasteiger partial charge is 0.0800 e. The molecule has 1 rings (SSSR count). The molecule has 0 saturated heterocycles. The highest BCUT2D eigenvalue weighted by atomic mass is 16.8. The minimum atomic E-state index is 0.983. The lowest BCUT2D eigenvalue weighted by Gasteiger charge is -2.10. The van der Waals surface area contributed by atoms with E-state index in [0.717, 1.165) is 12.1 Å². The molecule has 0 unspecified atom stereocenters. The second-order valence-electron chi connectivity index (χ2n) is 2.63. The summed E-state index contributed by atoms with van der Waals surface area (Å²) in [5, 5.41) is 1.27. The van der Waals surface area contributed by atoms with Crippen LogP contribution in [0.3, 0.4) is 0 Å². The molecule has 11 heavy (non-hydrogen) atoms. The van der Waals surface area contributed by atoms with Crippen molar-refractivity contribution in [3.8, 4) is 0 Å². The van der Waals surface area contributed by atoms with E-state index >= 15 is 0 Å². The van der Waals surface area contributed by atoms with Crippen molar-refractivity contribution in [1.29, 1.82) is 0 Å². The van der Waals surface area contributed by atoms with Crippen LogP contribution in [0.25, 0.3) is 0 Å². The van der Waals surface area contributed by atoms with Crippen LogP contribution in [0.15, 0.2) is 11.9 Å². The number of nitrogens with zero attached hydrogens (tertiary/aromatic N) is 1. The molecule has 0 spiro atoms. The number of nitrogens with one attached hydrogen (secondary N) is 1. The fourth-order valence-corrected chi connectivity index (χ4v) is 1.01. The van der Waals surface area contributed by atoms with Crippen LogP contribution < -0.4 is 11.3 Å². The lowest BCUT2D eigenvalue weighted by Crippen LogP contribution is -2.28. The summed E-state index contributed by atoms with van der Waals surface area (Å²) in [4.78, 5) is 4.76. The molecule has 0 saturated carbocycles. The van der Waals surface area contributed by atoms with Crippen LogP contribution in [0, 0.1) is 0 Å². The molecule has 1 aliphatic heterocycles. The van der Waals surface area contributed by atoms with Gasteiger partial charge in [0, 0.05) is 0 Å². The lowest BCUT2D eigenvalue weighted by atomic mass is 10.2. The Kier molecular flexibility index (Phi) is 3.19. The summed E-state index contributed by atoms with van der Waals surface area (Å²) in [7, 11) is 0. The van der Waals surface area contributed by atoms with Gasteiger partial charge in [-0.2, -0.15) is 5.17 Å². The van der Waals surface area contributed by atoms with Crippen molar-refractivity contribution in [2.45, 2.75) is 32.6 Å². The molecule has 0 aromatic heterocycles. The fraction of sp³-hybridized carbons (Fsp3) is 0.714. The number of hydrogen-bond acceptors (Lipinski definition) is 4. The highest BCUT2D eigenvalue weighted by Crippen LogP contribution is 2.12. The maximum atomic E-state index is 5.44. The lowest BCUT2D eigenvalue weighted by molar-refractivity contribution is -0.154. The molecule has 0 aromatic carbocycles. The van der Waals surface area contributed by atoms with Gasteiger partial charge in [-0.25, -0.2) is 11.3 Å². The first-order chi connectivity index (χ1) is 5.34. The van der Waals surface area contributed by atoms with Crippen LogP contribution in [0.4, 0.5) is 0 Å². The average molecular weight is 157 g/mol. The zero-order valence-electron chi connectivity index (χ0n) is 6.84. The molecular weight excluding hydrogens is 142 g/mol. The summed E-state index contributed by atoms with van der Waals surface area (Å²) in [5.74, 6) is 5.44. The SMILES string of the molecule is CCCCCC1=CNON1N. The van der Waals surface area contributed by atoms with Crippen molar-refractivity contribution in [2.24, 2.45) is 5.84 Å². The van der Waals surface area contributed by atoms with E-state index in [2.05, 4.69) is 12.4 Å². The number of hydrogen-bond donors (Lipinski definition) is 2. The average Bonchev–Trinajstić information content (AvgIpc) is 2.37. The largest absolute Gasteiger partial charge is 0.246 e. The minimum Gasteiger partial charge on any atom is -0.246 e. The molecule has 1 aliphatic rings. The maximum absolute atomic E-state index is 5.44. The van der Waals surface area contributed by atoms with E-state index in [1.807, 2.05) is 0 Å². The third kappa shape index (κ3) is 2.40. The summed E-state index contributed by atoms with van der Waals surface area (Å²) < 4.78 is 0. The Bertz CT molecular complexity index is 147. The van der Waals surface area contributed by atoms with Gasteiger partial charge in [-0.15, -0.1) is 4.94 Å². The minimum absolute atomic E-state index is 0.983. The van der Waals surface area contributed by atoms with E-state index in [9.17, 15) is 0 Å². The molecular formula is C7H15N3O. The first-order valence-corrected chi connectivity index (χ1v) is 4.01. The number of nitrogens with two attached hydrogens (primary N) is 1. The van der Waals surface area contributed by atoms with Gasteiger partial charge in [0.1, 0.15) is 0 Å². The Morgan fingerprint density at radius 2 is 2.45 bits per heavy atom. The van der Waals surface area contributed by atoms with E-state index in [4.69, 9.17) is 10.8 Å². The van der Waals surface area contributed by atoms with Gasteiger partial charge in [-0.3, -0.25) is 0 Å². The van der Waals surface area contributed by atoms with Crippen molar-refractivity contribution >= 4 is 0 Å². The number of hydrazine groups is 1. The normalized spacial score (nSPS) is 16.5. The van der Waals surface area contributed by atoms with Crippen LogP contribution in [-0.4, -0.2) is 5.17 Å². The van der Waals surface area contributed by atoms with Gasteiger partial charge in [0.05, 0.1) is 11.9 Å². The molecule has 64 valence electrons. The van der Waals surface area contributed by atoms with E-state index in [0.29, 0.717) is 0 Å². The second kappa shape index (κ2) is 4.20. The summed E-state index contributed by atoms with van der Waals surface area (Å²) in [6.07, 6.45) is 6.41. The summed E-state index contributed by atoms with van der Waals surface area (Å²) in [5.41, 5.74) is 3.60. The zero-order valence-corrected chi connectivity index (χ0v) is 6.84. The fourth-order valence-electron chi connectivity index (χ4n) is 1.01. The topological polar surface area (TPSA) is 50.5 Å². The van der Waals surface area contributed by atoms with Gasteiger partial charge in [-0.1, -0.05) is 19.8 Å². The molecule has 1 heterocycles. The van der Waals surface area contributed by atoms with Crippen molar-refractivity contribution in [3.63, 3.8) is 0 Å². The first-order valence-electron chi connectivity index (χ1n) is 4.01. The third-order valence-corrected chi connectivity index (χ3v) is 1.70. The van der Waals surface area contributed by atoms with E-state index in [1.54, 1.807) is 6.20 Å². The maximum Gasteiger partial charge on any atom is 0.0800 e. The molecule has 4 nitrogen and oxygen atoms in total. The molecule has 3 N–H and O–H groups in total. The van der Waals surface area contributed by atoms with Gasteiger partial charge in [0.25, 0.3) is 0 Å². The van der Waals surface area contributed by atoms with Crippen molar-refractivity contribution in [2.75, 3.05) is 0 Å². The van der Waals surface area contributed by atoms with Crippen LogP contribution >= 0.6 is 0 Å².